The summed E-state index contributed by atoms with van der Waals surface area (Å²) >= 11 is 11.9. The van der Waals surface area contributed by atoms with Crippen LogP contribution in [-0.4, -0.2) is 31.6 Å². The minimum absolute atomic E-state index is 0.317. The zero-order chi connectivity index (χ0) is 11.4. The minimum atomic E-state index is 0.317. The topological polar surface area (TPSA) is 12.5 Å². The summed E-state index contributed by atoms with van der Waals surface area (Å²) in [5, 5.41) is 1.10. The molecule has 0 fully saturated rings. The fourth-order valence-corrected chi connectivity index (χ4v) is 1.48. The van der Waals surface area contributed by atoms with Crippen LogP contribution in [0.25, 0.3) is 0 Å². The number of rotatable bonds is 4. The van der Waals surface area contributed by atoms with Gasteiger partial charge in [0.2, 0.25) is 0 Å². The van der Waals surface area contributed by atoms with Crippen molar-refractivity contribution in [2.75, 3.05) is 20.7 Å². The van der Waals surface area contributed by atoms with Crippen molar-refractivity contribution in [1.82, 2.24) is 4.90 Å². The number of likely N-dealkylation sites (N-methyl/N-ethyl adjacent to an activating group) is 1. The zero-order valence-electron chi connectivity index (χ0n) is 9.13. The maximum Gasteiger partial charge on any atom is 0.156 e. The number of hydrogen-bond donors (Lipinski definition) is 0. The number of ether oxygens (including phenoxy) is 1. The van der Waals surface area contributed by atoms with Crippen LogP contribution in [0.4, 0.5) is 0 Å². The minimum Gasteiger partial charge on any atom is -0.489 e. The van der Waals surface area contributed by atoms with Gasteiger partial charge in [0.05, 0.1) is 10.0 Å². The van der Waals surface area contributed by atoms with Crippen molar-refractivity contribution >= 4 is 23.2 Å². The van der Waals surface area contributed by atoms with Gasteiger partial charge in [-0.2, -0.15) is 0 Å². The lowest BCUT2D eigenvalue weighted by molar-refractivity contribution is 0.198. The molecule has 0 radical (unpaired) electrons. The largest absolute Gasteiger partial charge is 0.489 e. The monoisotopic (exact) mass is 247 g/mol. The molecule has 0 saturated carbocycles. The Kier molecular flexibility index (Phi) is 4.71. The van der Waals surface area contributed by atoms with Crippen LogP contribution in [-0.2, 0) is 0 Å². The van der Waals surface area contributed by atoms with Crippen molar-refractivity contribution in [2.45, 2.75) is 13.0 Å². The quantitative estimate of drug-likeness (QED) is 0.810. The standard InChI is InChI=1S/C11H15Cl2NO/c1-8(14(2)3)7-15-11-9(12)5-4-6-10(11)13/h4-6,8H,7H2,1-3H3. The molecule has 0 aliphatic carbocycles. The summed E-state index contributed by atoms with van der Waals surface area (Å²) in [5.74, 6) is 0.564. The van der Waals surface area contributed by atoms with E-state index in [1.807, 2.05) is 14.1 Å². The highest BCUT2D eigenvalue weighted by Gasteiger charge is 2.10. The number of benzene rings is 1. The fourth-order valence-electron chi connectivity index (χ4n) is 0.973. The Balaban J connectivity index is 2.65. The second-order valence-electron chi connectivity index (χ2n) is 3.67. The van der Waals surface area contributed by atoms with E-state index in [2.05, 4.69) is 11.8 Å². The van der Waals surface area contributed by atoms with Gasteiger partial charge < -0.3 is 9.64 Å². The first-order valence-electron chi connectivity index (χ1n) is 4.75. The number of nitrogens with zero attached hydrogens (tertiary/aromatic N) is 1. The van der Waals surface area contributed by atoms with Gasteiger partial charge in [-0.1, -0.05) is 29.3 Å². The van der Waals surface area contributed by atoms with Gasteiger partial charge in [-0.05, 0) is 33.2 Å². The Hall–Kier alpha value is -0.440. The van der Waals surface area contributed by atoms with Crippen molar-refractivity contribution in [3.05, 3.63) is 28.2 Å². The van der Waals surface area contributed by atoms with Crippen LogP contribution in [0.3, 0.4) is 0 Å². The SMILES string of the molecule is CC(COc1c(Cl)cccc1Cl)N(C)C. The van der Waals surface area contributed by atoms with Gasteiger partial charge >= 0.3 is 0 Å². The summed E-state index contributed by atoms with van der Waals surface area (Å²) in [6, 6.07) is 5.65. The summed E-state index contributed by atoms with van der Waals surface area (Å²) in [5.41, 5.74) is 0. The van der Waals surface area contributed by atoms with E-state index < -0.39 is 0 Å². The molecule has 15 heavy (non-hydrogen) atoms. The smallest absolute Gasteiger partial charge is 0.156 e. The van der Waals surface area contributed by atoms with Gasteiger partial charge in [0.15, 0.2) is 5.75 Å². The van der Waals surface area contributed by atoms with E-state index in [-0.39, 0.29) is 0 Å². The zero-order valence-corrected chi connectivity index (χ0v) is 10.6. The molecular weight excluding hydrogens is 233 g/mol. The normalized spacial score (nSPS) is 12.9. The van der Waals surface area contributed by atoms with Crippen molar-refractivity contribution in [3.63, 3.8) is 0 Å². The second kappa shape index (κ2) is 5.59. The number of halogens is 2. The van der Waals surface area contributed by atoms with Crippen LogP contribution < -0.4 is 4.74 Å². The Bertz CT molecular complexity index is 308. The molecule has 1 aromatic rings. The maximum absolute atomic E-state index is 5.97. The van der Waals surface area contributed by atoms with Gasteiger partial charge in [0, 0.05) is 6.04 Å². The predicted molar refractivity (Wildman–Crippen MR) is 65.1 cm³/mol. The highest BCUT2D eigenvalue weighted by atomic mass is 35.5. The van der Waals surface area contributed by atoms with Crippen LogP contribution >= 0.6 is 23.2 Å². The van der Waals surface area contributed by atoms with Gasteiger partial charge in [0.25, 0.3) is 0 Å². The average Bonchev–Trinajstić information content (AvgIpc) is 2.16. The Morgan fingerprint density at radius 2 is 1.80 bits per heavy atom. The Morgan fingerprint density at radius 1 is 1.27 bits per heavy atom. The van der Waals surface area contributed by atoms with E-state index in [0.29, 0.717) is 28.4 Å². The fraction of sp³-hybridized carbons (Fsp3) is 0.455. The highest BCUT2D eigenvalue weighted by Crippen LogP contribution is 2.32. The molecule has 0 aromatic heterocycles. The van der Waals surface area contributed by atoms with E-state index >= 15 is 0 Å². The molecule has 2 nitrogen and oxygen atoms in total. The molecule has 1 aromatic carbocycles. The molecule has 0 aliphatic heterocycles. The van der Waals surface area contributed by atoms with E-state index in [1.54, 1.807) is 18.2 Å². The summed E-state index contributed by atoms with van der Waals surface area (Å²) in [7, 11) is 4.00. The van der Waals surface area contributed by atoms with Crippen LogP contribution in [0.1, 0.15) is 6.92 Å². The van der Waals surface area contributed by atoms with Crippen molar-refractivity contribution in [1.29, 1.82) is 0 Å². The molecule has 0 heterocycles. The summed E-state index contributed by atoms with van der Waals surface area (Å²) in [4.78, 5) is 2.07. The van der Waals surface area contributed by atoms with Gasteiger partial charge in [-0.3, -0.25) is 0 Å². The summed E-state index contributed by atoms with van der Waals surface area (Å²) < 4.78 is 5.59. The average molecular weight is 248 g/mol. The third-order valence-corrected chi connectivity index (χ3v) is 2.86. The second-order valence-corrected chi connectivity index (χ2v) is 4.49. The summed E-state index contributed by atoms with van der Waals surface area (Å²) in [6.07, 6.45) is 0. The first-order chi connectivity index (χ1) is 7.02. The van der Waals surface area contributed by atoms with Crippen LogP contribution in [0.2, 0.25) is 10.0 Å². The van der Waals surface area contributed by atoms with E-state index in [0.717, 1.165) is 0 Å². The Labute approximate surface area is 101 Å². The lowest BCUT2D eigenvalue weighted by Crippen LogP contribution is -2.30. The van der Waals surface area contributed by atoms with Crippen molar-refractivity contribution in [2.24, 2.45) is 0 Å². The first kappa shape index (κ1) is 12.6. The Morgan fingerprint density at radius 3 is 2.27 bits per heavy atom. The van der Waals surface area contributed by atoms with Crippen molar-refractivity contribution in [3.8, 4) is 5.75 Å². The summed E-state index contributed by atoms with van der Waals surface area (Å²) in [6.45, 7) is 2.64. The molecule has 0 amide bonds. The third kappa shape index (κ3) is 3.56. The van der Waals surface area contributed by atoms with Crippen LogP contribution in [0.5, 0.6) is 5.75 Å². The van der Waals surface area contributed by atoms with Crippen LogP contribution in [0.15, 0.2) is 18.2 Å². The van der Waals surface area contributed by atoms with Crippen molar-refractivity contribution < 1.29 is 4.74 Å². The lowest BCUT2D eigenvalue weighted by Gasteiger charge is -2.20. The molecule has 1 atom stereocenters. The molecule has 0 saturated heterocycles. The molecule has 0 aliphatic rings. The molecular formula is C11H15Cl2NO. The van der Waals surface area contributed by atoms with E-state index in [9.17, 15) is 0 Å². The maximum atomic E-state index is 5.97. The molecule has 0 spiro atoms. The van der Waals surface area contributed by atoms with Gasteiger partial charge in [-0.25, -0.2) is 0 Å². The molecule has 0 N–H and O–H groups in total. The molecule has 0 bridgehead atoms. The number of hydrogen-bond acceptors (Lipinski definition) is 2. The lowest BCUT2D eigenvalue weighted by atomic mass is 10.3. The molecule has 4 heteroatoms. The molecule has 1 unspecified atom stereocenters. The van der Waals surface area contributed by atoms with E-state index in [4.69, 9.17) is 27.9 Å². The van der Waals surface area contributed by atoms with Gasteiger partial charge in [0.1, 0.15) is 6.61 Å². The van der Waals surface area contributed by atoms with Crippen LogP contribution in [0, 0.1) is 0 Å². The number of para-hydroxylation sites is 1. The first-order valence-corrected chi connectivity index (χ1v) is 5.51. The predicted octanol–water partition coefficient (Wildman–Crippen LogP) is 3.32. The van der Waals surface area contributed by atoms with Gasteiger partial charge in [-0.15, -0.1) is 0 Å². The van der Waals surface area contributed by atoms with E-state index in [1.165, 1.54) is 0 Å². The molecule has 84 valence electrons. The highest BCUT2D eigenvalue weighted by molar-refractivity contribution is 6.37. The molecule has 1 rings (SSSR count). The third-order valence-electron chi connectivity index (χ3n) is 2.27.